The highest BCUT2D eigenvalue weighted by molar-refractivity contribution is 9.10. The molecule has 1 atom stereocenters. The van der Waals surface area contributed by atoms with Gasteiger partial charge in [0.25, 0.3) is 0 Å². The number of nitrogens with zero attached hydrogens (tertiary/aromatic N) is 1. The fourth-order valence-electron chi connectivity index (χ4n) is 0.947. The van der Waals surface area contributed by atoms with Crippen molar-refractivity contribution >= 4 is 33.5 Å². The molecule has 0 bridgehead atoms. The van der Waals surface area contributed by atoms with Gasteiger partial charge in [-0.1, -0.05) is 11.6 Å². The van der Waals surface area contributed by atoms with Gasteiger partial charge in [-0.05, 0) is 22.0 Å². The van der Waals surface area contributed by atoms with E-state index in [2.05, 4.69) is 20.9 Å². The van der Waals surface area contributed by atoms with E-state index in [1.54, 1.807) is 6.07 Å². The van der Waals surface area contributed by atoms with Gasteiger partial charge in [0.1, 0.15) is 5.15 Å². The number of aliphatic hydroxyl groups excluding tert-OH is 1. The lowest BCUT2D eigenvalue weighted by Crippen LogP contribution is -2.06. The zero-order valence-corrected chi connectivity index (χ0v) is 9.29. The van der Waals surface area contributed by atoms with Crippen molar-refractivity contribution < 1.29 is 15.0 Å². The van der Waals surface area contributed by atoms with Gasteiger partial charge in [-0.15, -0.1) is 0 Å². The van der Waals surface area contributed by atoms with Crippen molar-refractivity contribution in [1.82, 2.24) is 4.98 Å². The summed E-state index contributed by atoms with van der Waals surface area (Å²) in [6.07, 6.45) is -0.0537. The SMILES string of the molecule is O=C(O)C[C@H](O)c1cc(Br)cnc1Cl. The molecule has 6 heteroatoms. The van der Waals surface area contributed by atoms with Gasteiger partial charge in [-0.3, -0.25) is 4.79 Å². The molecule has 0 aliphatic heterocycles. The van der Waals surface area contributed by atoms with Crippen LogP contribution < -0.4 is 0 Å². The number of pyridine rings is 1. The van der Waals surface area contributed by atoms with Gasteiger partial charge >= 0.3 is 5.97 Å². The van der Waals surface area contributed by atoms with Crippen molar-refractivity contribution in [2.75, 3.05) is 0 Å². The third-order valence-corrected chi connectivity index (χ3v) is 2.31. The van der Waals surface area contributed by atoms with E-state index in [1.165, 1.54) is 6.20 Å². The third kappa shape index (κ3) is 2.94. The van der Waals surface area contributed by atoms with Crippen LogP contribution in [0.2, 0.25) is 5.15 Å². The normalized spacial score (nSPS) is 12.5. The first-order valence-corrected chi connectivity index (χ1v) is 4.88. The van der Waals surface area contributed by atoms with Gasteiger partial charge in [0.15, 0.2) is 0 Å². The molecule has 1 aromatic heterocycles. The molecule has 4 nitrogen and oxygen atoms in total. The van der Waals surface area contributed by atoms with Crippen molar-refractivity contribution in [3.05, 3.63) is 27.5 Å². The first-order chi connectivity index (χ1) is 6.50. The number of halogens is 2. The summed E-state index contributed by atoms with van der Waals surface area (Å²) >= 11 is 8.84. The molecule has 1 heterocycles. The lowest BCUT2D eigenvalue weighted by atomic mass is 10.1. The Kier molecular flexibility index (Phi) is 3.86. The summed E-state index contributed by atoms with van der Waals surface area (Å²) in [6, 6.07) is 1.54. The molecule has 1 aromatic rings. The molecular formula is C8H7BrClNO3. The summed E-state index contributed by atoms with van der Waals surface area (Å²) in [6.45, 7) is 0. The molecule has 76 valence electrons. The molecule has 0 saturated carbocycles. The van der Waals surface area contributed by atoms with Crippen molar-refractivity contribution in [1.29, 1.82) is 0 Å². The summed E-state index contributed by atoms with van der Waals surface area (Å²) in [5.74, 6) is -1.09. The summed E-state index contributed by atoms with van der Waals surface area (Å²) in [5, 5.41) is 18.1. The fourth-order valence-corrected chi connectivity index (χ4v) is 1.53. The van der Waals surface area contributed by atoms with E-state index in [0.717, 1.165) is 0 Å². The quantitative estimate of drug-likeness (QED) is 0.831. The van der Waals surface area contributed by atoms with E-state index >= 15 is 0 Å². The Balaban J connectivity index is 2.93. The number of hydrogen-bond donors (Lipinski definition) is 2. The topological polar surface area (TPSA) is 70.4 Å². The molecule has 0 radical (unpaired) electrons. The third-order valence-electron chi connectivity index (χ3n) is 1.56. The first kappa shape index (κ1) is 11.4. The monoisotopic (exact) mass is 279 g/mol. The molecule has 0 spiro atoms. The Morgan fingerprint density at radius 3 is 2.93 bits per heavy atom. The van der Waals surface area contributed by atoms with Crippen molar-refractivity contribution in [2.24, 2.45) is 0 Å². The van der Waals surface area contributed by atoms with E-state index in [0.29, 0.717) is 10.0 Å². The van der Waals surface area contributed by atoms with E-state index in [4.69, 9.17) is 16.7 Å². The highest BCUT2D eigenvalue weighted by Gasteiger charge is 2.16. The standard InChI is InChI=1S/C8H7BrClNO3/c9-4-1-5(8(10)11-3-4)6(12)2-7(13)14/h1,3,6,12H,2H2,(H,13,14)/t6-/m0/s1. The van der Waals surface area contributed by atoms with Crippen LogP contribution in [0.25, 0.3) is 0 Å². The second kappa shape index (κ2) is 4.72. The van der Waals surface area contributed by atoms with E-state index in [9.17, 15) is 9.90 Å². The maximum absolute atomic E-state index is 10.3. The van der Waals surface area contributed by atoms with Crippen LogP contribution in [0.4, 0.5) is 0 Å². The Labute approximate surface area is 93.7 Å². The molecule has 0 aliphatic rings. The highest BCUT2D eigenvalue weighted by Crippen LogP contribution is 2.26. The van der Waals surface area contributed by atoms with E-state index in [-0.39, 0.29) is 5.15 Å². The summed E-state index contributed by atoms with van der Waals surface area (Å²) in [5.41, 5.74) is 0.309. The minimum absolute atomic E-state index is 0.113. The van der Waals surface area contributed by atoms with Crippen LogP contribution in [0.1, 0.15) is 18.1 Å². The zero-order chi connectivity index (χ0) is 10.7. The van der Waals surface area contributed by atoms with Crippen LogP contribution >= 0.6 is 27.5 Å². The molecule has 0 saturated heterocycles. The number of carboxylic acids is 1. The number of hydrogen-bond acceptors (Lipinski definition) is 3. The van der Waals surface area contributed by atoms with Crippen LogP contribution in [-0.2, 0) is 4.79 Å². The molecule has 0 aliphatic carbocycles. The summed E-state index contributed by atoms with van der Waals surface area (Å²) in [4.78, 5) is 14.1. The van der Waals surface area contributed by atoms with Gasteiger partial charge in [0.05, 0.1) is 12.5 Å². The Morgan fingerprint density at radius 1 is 1.71 bits per heavy atom. The molecule has 0 aromatic carbocycles. The van der Waals surface area contributed by atoms with Crippen LogP contribution in [0, 0.1) is 0 Å². The Hall–Kier alpha value is -0.650. The number of aromatic nitrogens is 1. The Bertz CT molecular complexity index is 358. The Morgan fingerprint density at radius 2 is 2.36 bits per heavy atom. The van der Waals surface area contributed by atoms with Crippen LogP contribution in [-0.4, -0.2) is 21.2 Å². The number of aliphatic carboxylic acids is 1. The number of aliphatic hydroxyl groups is 1. The van der Waals surface area contributed by atoms with Crippen molar-refractivity contribution in [3.63, 3.8) is 0 Å². The molecular weight excluding hydrogens is 273 g/mol. The predicted octanol–water partition coefficient (Wildman–Crippen LogP) is 2.01. The van der Waals surface area contributed by atoms with Crippen LogP contribution in [0.15, 0.2) is 16.7 Å². The van der Waals surface area contributed by atoms with Crippen LogP contribution in [0.5, 0.6) is 0 Å². The van der Waals surface area contributed by atoms with Gasteiger partial charge in [0.2, 0.25) is 0 Å². The fraction of sp³-hybridized carbons (Fsp3) is 0.250. The molecule has 14 heavy (non-hydrogen) atoms. The smallest absolute Gasteiger partial charge is 0.306 e. The second-order valence-corrected chi connectivity index (χ2v) is 3.92. The number of rotatable bonds is 3. The lowest BCUT2D eigenvalue weighted by molar-refractivity contribution is -0.139. The average Bonchev–Trinajstić information content (AvgIpc) is 2.08. The van der Waals surface area contributed by atoms with Gasteiger partial charge in [0, 0.05) is 16.2 Å². The summed E-state index contributed by atoms with van der Waals surface area (Å²) in [7, 11) is 0. The average molecular weight is 281 g/mol. The molecule has 0 fully saturated rings. The minimum Gasteiger partial charge on any atom is -0.481 e. The zero-order valence-electron chi connectivity index (χ0n) is 6.94. The lowest BCUT2D eigenvalue weighted by Gasteiger charge is -2.09. The largest absolute Gasteiger partial charge is 0.481 e. The number of carbonyl (C=O) groups is 1. The molecule has 0 amide bonds. The van der Waals surface area contributed by atoms with Gasteiger partial charge < -0.3 is 10.2 Å². The predicted molar refractivity (Wildman–Crippen MR) is 54.2 cm³/mol. The second-order valence-electron chi connectivity index (χ2n) is 2.65. The molecule has 2 N–H and O–H groups in total. The molecule has 1 rings (SSSR count). The maximum Gasteiger partial charge on any atom is 0.306 e. The van der Waals surface area contributed by atoms with Gasteiger partial charge in [-0.2, -0.15) is 0 Å². The van der Waals surface area contributed by atoms with Gasteiger partial charge in [-0.25, -0.2) is 4.98 Å². The van der Waals surface area contributed by atoms with Crippen LogP contribution in [0.3, 0.4) is 0 Å². The maximum atomic E-state index is 10.3. The summed E-state index contributed by atoms with van der Waals surface area (Å²) < 4.78 is 0.640. The highest BCUT2D eigenvalue weighted by atomic mass is 79.9. The molecule has 0 unspecified atom stereocenters. The number of carboxylic acid groups (broad SMARTS) is 1. The van der Waals surface area contributed by atoms with Crippen molar-refractivity contribution in [3.8, 4) is 0 Å². The van der Waals surface area contributed by atoms with Crippen molar-refractivity contribution in [2.45, 2.75) is 12.5 Å². The van der Waals surface area contributed by atoms with E-state index < -0.39 is 18.5 Å². The van der Waals surface area contributed by atoms with E-state index in [1.807, 2.05) is 0 Å². The minimum atomic E-state index is -1.13. The first-order valence-electron chi connectivity index (χ1n) is 3.71.